The summed E-state index contributed by atoms with van der Waals surface area (Å²) < 4.78 is 37.8. The number of rotatable bonds is 5. The topological polar surface area (TPSA) is 90.2 Å². The van der Waals surface area contributed by atoms with Gasteiger partial charge >= 0.3 is 12.1 Å². The number of halogens is 3. The lowest BCUT2D eigenvalue weighted by molar-refractivity contribution is -0.140. The Balaban J connectivity index is 2.96. The lowest BCUT2D eigenvalue weighted by Gasteiger charge is -2.19. The average Bonchev–Trinajstić information content (AvgIpc) is 2.43. The molecule has 2 atom stereocenters. The van der Waals surface area contributed by atoms with E-state index in [9.17, 15) is 22.8 Å². The molecule has 0 aliphatic heterocycles. The molecule has 2 N–H and O–H groups in total. The molecule has 118 valence electrons. The highest BCUT2D eigenvalue weighted by molar-refractivity contribution is 5.96. The Bertz CT molecular complexity index is 608. The zero-order valence-corrected chi connectivity index (χ0v) is 11.5. The second kappa shape index (κ2) is 6.93. The molecule has 0 spiro atoms. The highest BCUT2D eigenvalue weighted by Crippen LogP contribution is 2.29. The number of nitrogens with one attached hydrogen (secondary N) is 1. The molecular formula is C14H13F3N2O3. The molecule has 0 radical (unpaired) electrons. The molecule has 0 aliphatic carbocycles. The Morgan fingerprint density at radius 3 is 2.55 bits per heavy atom. The number of hydrogen-bond donors (Lipinski definition) is 2. The first-order valence-corrected chi connectivity index (χ1v) is 6.24. The van der Waals surface area contributed by atoms with Gasteiger partial charge in [0.15, 0.2) is 0 Å². The van der Waals surface area contributed by atoms with Gasteiger partial charge in [-0.15, -0.1) is 0 Å². The number of alkyl halides is 3. The van der Waals surface area contributed by atoms with E-state index in [4.69, 9.17) is 10.4 Å². The number of nitrogens with zero attached hydrogens (tertiary/aromatic N) is 1. The summed E-state index contributed by atoms with van der Waals surface area (Å²) in [6, 6.07) is 4.09. The Hall–Kier alpha value is -2.56. The molecule has 0 saturated carbocycles. The van der Waals surface area contributed by atoms with Crippen LogP contribution in [0.5, 0.6) is 0 Å². The van der Waals surface area contributed by atoms with E-state index in [1.165, 1.54) is 6.92 Å². The van der Waals surface area contributed by atoms with Gasteiger partial charge in [0.1, 0.15) is 6.04 Å². The maximum absolute atomic E-state index is 12.6. The number of nitriles is 1. The molecule has 0 fully saturated rings. The van der Waals surface area contributed by atoms with E-state index < -0.39 is 35.6 Å². The van der Waals surface area contributed by atoms with Crippen molar-refractivity contribution in [3.05, 3.63) is 35.4 Å². The highest BCUT2D eigenvalue weighted by atomic mass is 19.4. The number of carboxylic acid groups (broad SMARTS) is 1. The van der Waals surface area contributed by atoms with Crippen LogP contribution in [0.3, 0.4) is 0 Å². The molecule has 5 nitrogen and oxygen atoms in total. The summed E-state index contributed by atoms with van der Waals surface area (Å²) in [4.78, 5) is 23.0. The zero-order valence-electron chi connectivity index (χ0n) is 11.5. The van der Waals surface area contributed by atoms with Crippen LogP contribution < -0.4 is 5.32 Å². The van der Waals surface area contributed by atoms with Crippen LogP contribution in [0.2, 0.25) is 0 Å². The third-order valence-corrected chi connectivity index (χ3v) is 2.99. The maximum Gasteiger partial charge on any atom is 0.416 e. The molecule has 0 saturated heterocycles. The first-order valence-electron chi connectivity index (χ1n) is 6.24. The number of hydrogen-bond acceptors (Lipinski definition) is 3. The fraction of sp³-hybridized carbons (Fsp3) is 0.357. The standard InChI is InChI=1S/C14H13F3N2O3/c1-8(5-6-18)11(13(21)22)19-12(20)9-3-2-4-10(7-9)14(15,16)17/h2-4,7-8,11H,5H2,1H3,(H,19,20)(H,21,22)/t8-,11+/m0/s1. The Morgan fingerprint density at radius 2 is 2.05 bits per heavy atom. The maximum atomic E-state index is 12.6. The van der Waals surface area contributed by atoms with Crippen molar-refractivity contribution < 1.29 is 27.9 Å². The van der Waals surface area contributed by atoms with E-state index in [1.807, 2.05) is 0 Å². The van der Waals surface area contributed by atoms with Crippen LogP contribution in [0.25, 0.3) is 0 Å². The Morgan fingerprint density at radius 1 is 1.41 bits per heavy atom. The summed E-state index contributed by atoms with van der Waals surface area (Å²) in [5.74, 6) is -2.98. The molecule has 22 heavy (non-hydrogen) atoms. The fourth-order valence-corrected chi connectivity index (χ4v) is 1.77. The van der Waals surface area contributed by atoms with E-state index in [-0.39, 0.29) is 12.0 Å². The van der Waals surface area contributed by atoms with E-state index >= 15 is 0 Å². The van der Waals surface area contributed by atoms with Gasteiger partial charge in [0.25, 0.3) is 5.91 Å². The SMILES string of the molecule is C[C@@H](CC#N)[C@@H](NC(=O)c1cccc(C(F)(F)F)c1)C(=O)O. The molecule has 1 amide bonds. The highest BCUT2D eigenvalue weighted by Gasteiger charge is 2.32. The van der Waals surface area contributed by atoms with Crippen molar-refractivity contribution in [3.63, 3.8) is 0 Å². The molecule has 0 heterocycles. The predicted molar refractivity (Wildman–Crippen MR) is 69.7 cm³/mol. The summed E-state index contributed by atoms with van der Waals surface area (Å²) in [6.45, 7) is 1.45. The van der Waals surface area contributed by atoms with Crippen LogP contribution in [0.1, 0.15) is 29.3 Å². The molecule has 1 rings (SSSR count). The van der Waals surface area contributed by atoms with Gasteiger partial charge in [-0.3, -0.25) is 4.79 Å². The van der Waals surface area contributed by atoms with Crippen LogP contribution >= 0.6 is 0 Å². The van der Waals surface area contributed by atoms with Gasteiger partial charge in [-0.1, -0.05) is 13.0 Å². The normalized spacial score (nSPS) is 13.8. The largest absolute Gasteiger partial charge is 0.480 e. The Kier molecular flexibility index (Phi) is 5.51. The van der Waals surface area contributed by atoms with Gasteiger partial charge in [0.05, 0.1) is 11.6 Å². The third kappa shape index (κ3) is 4.48. The molecule has 0 unspecified atom stereocenters. The molecular weight excluding hydrogens is 301 g/mol. The van der Waals surface area contributed by atoms with Crippen LogP contribution in [0.4, 0.5) is 13.2 Å². The van der Waals surface area contributed by atoms with Gasteiger partial charge in [-0.25, -0.2) is 4.79 Å². The van der Waals surface area contributed by atoms with Gasteiger partial charge in [0.2, 0.25) is 0 Å². The minimum Gasteiger partial charge on any atom is -0.480 e. The van der Waals surface area contributed by atoms with E-state index in [2.05, 4.69) is 5.32 Å². The molecule has 8 heteroatoms. The van der Waals surface area contributed by atoms with Crippen LogP contribution in [-0.4, -0.2) is 23.0 Å². The molecule has 1 aromatic rings. The first-order chi connectivity index (χ1) is 10.2. The van der Waals surface area contributed by atoms with Gasteiger partial charge in [0, 0.05) is 17.9 Å². The number of amides is 1. The van der Waals surface area contributed by atoms with Gasteiger partial charge in [-0.05, 0) is 18.2 Å². The first kappa shape index (κ1) is 17.5. The zero-order chi connectivity index (χ0) is 16.9. The second-order valence-corrected chi connectivity index (χ2v) is 4.71. The minimum atomic E-state index is -4.60. The summed E-state index contributed by atoms with van der Waals surface area (Å²) in [5, 5.41) is 19.7. The summed E-state index contributed by atoms with van der Waals surface area (Å²) >= 11 is 0. The minimum absolute atomic E-state index is 0.111. The summed E-state index contributed by atoms with van der Waals surface area (Å²) in [7, 11) is 0. The number of benzene rings is 1. The quantitative estimate of drug-likeness (QED) is 0.873. The van der Waals surface area contributed by atoms with Crippen molar-refractivity contribution in [2.24, 2.45) is 5.92 Å². The van der Waals surface area contributed by atoms with Crippen LogP contribution in [-0.2, 0) is 11.0 Å². The van der Waals surface area contributed by atoms with Gasteiger partial charge in [-0.2, -0.15) is 18.4 Å². The van der Waals surface area contributed by atoms with Crippen molar-refractivity contribution in [3.8, 4) is 6.07 Å². The number of aliphatic carboxylic acids is 1. The van der Waals surface area contributed by atoms with E-state index in [0.717, 1.165) is 18.2 Å². The van der Waals surface area contributed by atoms with E-state index in [0.29, 0.717) is 6.07 Å². The molecule has 0 aliphatic rings. The van der Waals surface area contributed by atoms with Crippen molar-refractivity contribution >= 4 is 11.9 Å². The second-order valence-electron chi connectivity index (χ2n) is 4.71. The Labute approximate surface area is 124 Å². The number of carbonyl (C=O) groups excluding carboxylic acids is 1. The molecule has 0 aromatic heterocycles. The average molecular weight is 314 g/mol. The molecule has 1 aromatic carbocycles. The van der Waals surface area contributed by atoms with Crippen molar-refractivity contribution in [2.45, 2.75) is 25.6 Å². The molecule has 0 bridgehead atoms. The van der Waals surface area contributed by atoms with Crippen LogP contribution in [0.15, 0.2) is 24.3 Å². The monoisotopic (exact) mass is 314 g/mol. The van der Waals surface area contributed by atoms with Crippen molar-refractivity contribution in [2.75, 3.05) is 0 Å². The smallest absolute Gasteiger partial charge is 0.416 e. The predicted octanol–water partition coefficient (Wildman–Crippen LogP) is 2.44. The lowest BCUT2D eigenvalue weighted by atomic mass is 9.98. The lowest BCUT2D eigenvalue weighted by Crippen LogP contribution is -2.45. The summed E-state index contributed by atoms with van der Waals surface area (Å²) in [5.41, 5.74) is -1.30. The van der Waals surface area contributed by atoms with Crippen molar-refractivity contribution in [1.82, 2.24) is 5.32 Å². The fourth-order valence-electron chi connectivity index (χ4n) is 1.77. The number of carboxylic acids is 1. The van der Waals surface area contributed by atoms with Crippen LogP contribution in [0, 0.1) is 17.2 Å². The summed E-state index contributed by atoms with van der Waals surface area (Å²) in [6.07, 6.45) is -4.71. The number of carbonyl (C=O) groups is 2. The van der Waals surface area contributed by atoms with Gasteiger partial charge < -0.3 is 10.4 Å². The van der Waals surface area contributed by atoms with Crippen molar-refractivity contribution in [1.29, 1.82) is 5.26 Å². The van der Waals surface area contributed by atoms with E-state index in [1.54, 1.807) is 6.07 Å². The third-order valence-electron chi connectivity index (χ3n) is 2.99.